The van der Waals surface area contributed by atoms with E-state index in [0.717, 1.165) is 25.8 Å². The molecule has 0 saturated heterocycles. The standard InChI is InChI=1S/C13H28N2O.ClH/c1-5-12(6-2)15(10-11(3)4)13(16)8-7-9-14;/h11-12H,5-10,14H2,1-4H3;1H. The lowest BCUT2D eigenvalue weighted by atomic mass is 10.1. The Morgan fingerprint density at radius 1 is 1.24 bits per heavy atom. The van der Waals surface area contributed by atoms with Crippen LogP contribution in [-0.2, 0) is 4.79 Å². The molecule has 0 radical (unpaired) electrons. The van der Waals surface area contributed by atoms with Crippen molar-refractivity contribution in [2.24, 2.45) is 11.7 Å². The minimum absolute atomic E-state index is 0. The van der Waals surface area contributed by atoms with Crippen LogP contribution < -0.4 is 5.73 Å². The van der Waals surface area contributed by atoms with E-state index >= 15 is 0 Å². The second-order valence-corrected chi connectivity index (χ2v) is 4.80. The molecular weight excluding hydrogens is 236 g/mol. The fourth-order valence-electron chi connectivity index (χ4n) is 1.97. The molecule has 1 amide bonds. The highest BCUT2D eigenvalue weighted by Crippen LogP contribution is 2.13. The van der Waals surface area contributed by atoms with Crippen molar-refractivity contribution in [1.82, 2.24) is 4.90 Å². The van der Waals surface area contributed by atoms with Gasteiger partial charge in [-0.2, -0.15) is 0 Å². The fraction of sp³-hybridized carbons (Fsp3) is 0.923. The zero-order chi connectivity index (χ0) is 12.6. The van der Waals surface area contributed by atoms with E-state index < -0.39 is 0 Å². The summed E-state index contributed by atoms with van der Waals surface area (Å²) < 4.78 is 0. The van der Waals surface area contributed by atoms with Gasteiger partial charge in [0.05, 0.1) is 0 Å². The van der Waals surface area contributed by atoms with Crippen molar-refractivity contribution in [3.05, 3.63) is 0 Å². The number of carbonyl (C=O) groups excluding carboxylic acids is 1. The third kappa shape index (κ3) is 7.61. The number of carbonyl (C=O) groups is 1. The van der Waals surface area contributed by atoms with E-state index in [1.807, 2.05) is 0 Å². The fourth-order valence-corrected chi connectivity index (χ4v) is 1.97. The molecule has 0 aliphatic carbocycles. The Hall–Kier alpha value is -0.280. The second-order valence-electron chi connectivity index (χ2n) is 4.80. The van der Waals surface area contributed by atoms with E-state index in [-0.39, 0.29) is 18.3 Å². The van der Waals surface area contributed by atoms with Crippen LogP contribution >= 0.6 is 12.4 Å². The van der Waals surface area contributed by atoms with Gasteiger partial charge in [0.25, 0.3) is 0 Å². The van der Waals surface area contributed by atoms with E-state index in [4.69, 9.17) is 5.73 Å². The summed E-state index contributed by atoms with van der Waals surface area (Å²) in [5.74, 6) is 0.801. The predicted molar refractivity (Wildman–Crippen MR) is 76.5 cm³/mol. The van der Waals surface area contributed by atoms with Gasteiger partial charge in [-0.25, -0.2) is 0 Å². The van der Waals surface area contributed by atoms with Crippen molar-refractivity contribution in [2.75, 3.05) is 13.1 Å². The van der Waals surface area contributed by atoms with Crippen LogP contribution in [0.15, 0.2) is 0 Å². The Balaban J connectivity index is 0. The molecule has 4 heteroatoms. The molecule has 0 fully saturated rings. The Kier molecular flexibility index (Phi) is 12.2. The average molecular weight is 265 g/mol. The van der Waals surface area contributed by atoms with Gasteiger partial charge in [-0.05, 0) is 31.7 Å². The molecule has 0 aromatic rings. The lowest BCUT2D eigenvalue weighted by Gasteiger charge is -2.32. The van der Waals surface area contributed by atoms with E-state index in [1.54, 1.807) is 0 Å². The van der Waals surface area contributed by atoms with Gasteiger partial charge in [0.15, 0.2) is 0 Å². The molecule has 0 aromatic heterocycles. The first-order valence-electron chi connectivity index (χ1n) is 6.56. The third-order valence-corrected chi connectivity index (χ3v) is 2.86. The summed E-state index contributed by atoms with van der Waals surface area (Å²) in [5, 5.41) is 0. The molecule has 0 aliphatic heterocycles. The van der Waals surface area contributed by atoms with Crippen LogP contribution in [-0.4, -0.2) is 29.9 Å². The molecule has 0 saturated carbocycles. The van der Waals surface area contributed by atoms with E-state index in [9.17, 15) is 4.79 Å². The summed E-state index contributed by atoms with van der Waals surface area (Å²) in [4.78, 5) is 14.1. The number of hydrogen-bond acceptors (Lipinski definition) is 2. The molecule has 0 aromatic carbocycles. The van der Waals surface area contributed by atoms with Gasteiger partial charge >= 0.3 is 0 Å². The van der Waals surface area contributed by atoms with Gasteiger partial charge < -0.3 is 10.6 Å². The molecule has 17 heavy (non-hydrogen) atoms. The third-order valence-electron chi connectivity index (χ3n) is 2.86. The van der Waals surface area contributed by atoms with Gasteiger partial charge in [0.1, 0.15) is 0 Å². The summed E-state index contributed by atoms with van der Waals surface area (Å²) in [7, 11) is 0. The van der Waals surface area contributed by atoms with Crippen molar-refractivity contribution in [1.29, 1.82) is 0 Å². The summed E-state index contributed by atoms with van der Waals surface area (Å²) in [5.41, 5.74) is 5.45. The second kappa shape index (κ2) is 10.8. The molecule has 0 rings (SSSR count). The zero-order valence-corrected chi connectivity index (χ0v) is 12.6. The van der Waals surface area contributed by atoms with Gasteiger partial charge in [-0.15, -0.1) is 12.4 Å². The lowest BCUT2D eigenvalue weighted by Crippen LogP contribution is -2.42. The lowest BCUT2D eigenvalue weighted by molar-refractivity contribution is -0.134. The molecule has 0 spiro atoms. The van der Waals surface area contributed by atoms with Crippen LogP contribution in [0.1, 0.15) is 53.4 Å². The highest BCUT2D eigenvalue weighted by Gasteiger charge is 2.20. The predicted octanol–water partition coefficient (Wildman–Crippen LogP) is 2.82. The summed E-state index contributed by atoms with van der Waals surface area (Å²) in [6.07, 6.45) is 3.47. The molecule has 0 bridgehead atoms. The van der Waals surface area contributed by atoms with Crippen molar-refractivity contribution < 1.29 is 4.79 Å². The maximum Gasteiger partial charge on any atom is 0.222 e. The first kappa shape index (κ1) is 19.1. The average Bonchev–Trinajstić information content (AvgIpc) is 2.25. The SMILES string of the molecule is CCC(CC)N(CC(C)C)C(=O)CCCN.Cl. The maximum atomic E-state index is 12.1. The Morgan fingerprint density at radius 2 is 1.76 bits per heavy atom. The summed E-state index contributed by atoms with van der Waals surface area (Å²) in [6.45, 7) is 10.1. The number of rotatable bonds is 8. The highest BCUT2D eigenvalue weighted by atomic mass is 35.5. The Bertz CT molecular complexity index is 194. The number of nitrogens with zero attached hydrogens (tertiary/aromatic N) is 1. The van der Waals surface area contributed by atoms with Crippen LogP contribution in [0.5, 0.6) is 0 Å². The highest BCUT2D eigenvalue weighted by molar-refractivity contribution is 5.85. The van der Waals surface area contributed by atoms with Crippen molar-refractivity contribution >= 4 is 18.3 Å². The van der Waals surface area contributed by atoms with Crippen molar-refractivity contribution in [3.63, 3.8) is 0 Å². The van der Waals surface area contributed by atoms with Gasteiger partial charge in [0.2, 0.25) is 5.91 Å². The Morgan fingerprint density at radius 3 is 2.12 bits per heavy atom. The quantitative estimate of drug-likeness (QED) is 0.733. The van der Waals surface area contributed by atoms with Crippen LogP contribution in [0.4, 0.5) is 0 Å². The van der Waals surface area contributed by atoms with E-state index in [0.29, 0.717) is 24.9 Å². The van der Waals surface area contributed by atoms with E-state index in [2.05, 4.69) is 32.6 Å². The summed E-state index contributed by atoms with van der Waals surface area (Å²) >= 11 is 0. The Labute approximate surface area is 113 Å². The number of hydrogen-bond donors (Lipinski definition) is 1. The van der Waals surface area contributed by atoms with Crippen LogP contribution in [0.3, 0.4) is 0 Å². The molecule has 0 heterocycles. The minimum Gasteiger partial charge on any atom is -0.339 e. The van der Waals surface area contributed by atoms with Crippen molar-refractivity contribution in [2.45, 2.75) is 59.4 Å². The molecule has 0 aliphatic rings. The van der Waals surface area contributed by atoms with Crippen LogP contribution in [0.2, 0.25) is 0 Å². The van der Waals surface area contributed by atoms with Crippen molar-refractivity contribution in [3.8, 4) is 0 Å². The van der Waals surface area contributed by atoms with E-state index in [1.165, 1.54) is 0 Å². The first-order chi connectivity index (χ1) is 7.56. The largest absolute Gasteiger partial charge is 0.339 e. The van der Waals surface area contributed by atoms with Crippen LogP contribution in [0.25, 0.3) is 0 Å². The monoisotopic (exact) mass is 264 g/mol. The number of amides is 1. The molecule has 0 unspecified atom stereocenters. The van der Waals surface area contributed by atoms with Gasteiger partial charge in [-0.1, -0.05) is 27.7 Å². The van der Waals surface area contributed by atoms with Crippen LogP contribution in [0, 0.1) is 5.92 Å². The smallest absolute Gasteiger partial charge is 0.222 e. The number of nitrogens with two attached hydrogens (primary N) is 1. The first-order valence-corrected chi connectivity index (χ1v) is 6.56. The minimum atomic E-state index is 0. The molecule has 0 atom stereocenters. The molecule has 3 nitrogen and oxygen atoms in total. The molecule has 104 valence electrons. The van der Waals surface area contributed by atoms with Gasteiger partial charge in [-0.3, -0.25) is 4.79 Å². The zero-order valence-electron chi connectivity index (χ0n) is 11.7. The number of halogens is 1. The van der Waals surface area contributed by atoms with Gasteiger partial charge in [0, 0.05) is 19.0 Å². The molecular formula is C13H29ClN2O. The maximum absolute atomic E-state index is 12.1. The summed E-state index contributed by atoms with van der Waals surface area (Å²) in [6, 6.07) is 0.396. The molecule has 2 N–H and O–H groups in total. The normalized spacial score (nSPS) is 10.5. The topological polar surface area (TPSA) is 46.3 Å².